The highest BCUT2D eigenvalue weighted by atomic mass is 35.5. The van der Waals surface area contributed by atoms with E-state index in [1.165, 1.54) is 26.4 Å². The number of hydrogen-bond acceptors (Lipinski definition) is 5. The van der Waals surface area contributed by atoms with Gasteiger partial charge in [-0.25, -0.2) is 4.79 Å². The van der Waals surface area contributed by atoms with Crippen LogP contribution >= 0.6 is 12.4 Å². The summed E-state index contributed by atoms with van der Waals surface area (Å²) < 4.78 is 10.5. The number of rotatable bonds is 3. The number of esters is 1. The number of fused-ring (bicyclic) bond motifs is 2. The Morgan fingerprint density at radius 2 is 2.19 bits per heavy atom. The summed E-state index contributed by atoms with van der Waals surface area (Å²) in [6.45, 7) is 4.72. The van der Waals surface area contributed by atoms with Gasteiger partial charge in [0.15, 0.2) is 0 Å². The van der Waals surface area contributed by atoms with Crippen LogP contribution in [0.1, 0.15) is 41.1 Å². The quantitative estimate of drug-likeness (QED) is 0.866. The molecule has 0 radical (unpaired) electrons. The van der Waals surface area contributed by atoms with Crippen LogP contribution in [0, 0.1) is 6.92 Å². The molecule has 2 unspecified atom stereocenters. The van der Waals surface area contributed by atoms with E-state index in [0.29, 0.717) is 23.4 Å². The number of carbonyl (C=O) groups is 1. The zero-order valence-electron chi connectivity index (χ0n) is 12.6. The Morgan fingerprint density at radius 3 is 2.95 bits per heavy atom. The molecule has 6 heteroatoms. The number of halogens is 1. The first kappa shape index (κ1) is 16.3. The third kappa shape index (κ3) is 3.59. The summed E-state index contributed by atoms with van der Waals surface area (Å²) in [6.07, 6.45) is 3.77. The van der Waals surface area contributed by atoms with E-state index in [1.54, 1.807) is 0 Å². The fourth-order valence-electron chi connectivity index (χ4n) is 3.31. The van der Waals surface area contributed by atoms with Gasteiger partial charge in [0.05, 0.1) is 13.7 Å². The van der Waals surface area contributed by atoms with E-state index in [-0.39, 0.29) is 18.4 Å². The second kappa shape index (κ2) is 6.81. The fourth-order valence-corrected chi connectivity index (χ4v) is 3.31. The van der Waals surface area contributed by atoms with Crippen molar-refractivity contribution in [2.75, 3.05) is 20.2 Å². The summed E-state index contributed by atoms with van der Waals surface area (Å²) >= 11 is 0. The van der Waals surface area contributed by atoms with E-state index in [1.807, 2.05) is 13.0 Å². The maximum absolute atomic E-state index is 11.6. The van der Waals surface area contributed by atoms with Gasteiger partial charge in [-0.1, -0.05) is 0 Å². The van der Waals surface area contributed by atoms with Crippen molar-refractivity contribution < 1.29 is 13.9 Å². The van der Waals surface area contributed by atoms with E-state index in [9.17, 15) is 4.79 Å². The number of carbonyl (C=O) groups excluding carboxylic acids is 1. The van der Waals surface area contributed by atoms with Gasteiger partial charge in [0.2, 0.25) is 0 Å². The van der Waals surface area contributed by atoms with Crippen LogP contribution in [0.15, 0.2) is 10.5 Å². The maximum Gasteiger partial charge on any atom is 0.341 e. The van der Waals surface area contributed by atoms with Gasteiger partial charge in [-0.2, -0.15) is 0 Å². The number of ether oxygens (including phenoxy) is 1. The lowest BCUT2D eigenvalue weighted by Gasteiger charge is -2.22. The number of nitrogens with one attached hydrogen (secondary N) is 1. The molecule has 0 aliphatic carbocycles. The van der Waals surface area contributed by atoms with Gasteiger partial charge < -0.3 is 14.5 Å². The zero-order chi connectivity index (χ0) is 14.1. The first-order chi connectivity index (χ1) is 9.65. The molecule has 118 valence electrons. The van der Waals surface area contributed by atoms with Crippen LogP contribution in [-0.4, -0.2) is 43.2 Å². The van der Waals surface area contributed by atoms with Crippen molar-refractivity contribution in [3.8, 4) is 0 Å². The van der Waals surface area contributed by atoms with Crippen molar-refractivity contribution in [3.05, 3.63) is 23.2 Å². The predicted molar refractivity (Wildman–Crippen MR) is 81.9 cm³/mol. The van der Waals surface area contributed by atoms with Gasteiger partial charge in [0.1, 0.15) is 17.1 Å². The minimum absolute atomic E-state index is 0. The van der Waals surface area contributed by atoms with E-state index in [2.05, 4.69) is 10.2 Å². The summed E-state index contributed by atoms with van der Waals surface area (Å²) in [5.74, 6) is 1.16. The largest absolute Gasteiger partial charge is 0.465 e. The Balaban J connectivity index is 0.00000161. The highest BCUT2D eigenvalue weighted by Gasteiger charge is 2.29. The van der Waals surface area contributed by atoms with E-state index < -0.39 is 0 Å². The molecule has 2 saturated heterocycles. The van der Waals surface area contributed by atoms with Crippen molar-refractivity contribution in [3.63, 3.8) is 0 Å². The highest BCUT2D eigenvalue weighted by Crippen LogP contribution is 2.23. The van der Waals surface area contributed by atoms with Gasteiger partial charge >= 0.3 is 5.97 Å². The minimum atomic E-state index is -0.325. The summed E-state index contributed by atoms with van der Waals surface area (Å²) in [5.41, 5.74) is 0.539. The monoisotopic (exact) mass is 314 g/mol. The Bertz CT molecular complexity index is 503. The molecule has 3 heterocycles. The van der Waals surface area contributed by atoms with Crippen LogP contribution in [-0.2, 0) is 11.3 Å². The van der Waals surface area contributed by atoms with E-state index >= 15 is 0 Å². The molecular formula is C15H23ClN2O3. The normalized spacial score (nSPS) is 25.2. The second-order valence-corrected chi connectivity index (χ2v) is 5.84. The lowest BCUT2D eigenvalue weighted by Crippen LogP contribution is -2.34. The predicted octanol–water partition coefficient (Wildman–Crippen LogP) is 2.12. The Morgan fingerprint density at radius 1 is 1.43 bits per heavy atom. The molecule has 2 aliphatic heterocycles. The summed E-state index contributed by atoms with van der Waals surface area (Å²) in [5, 5.41) is 3.67. The molecule has 5 nitrogen and oxygen atoms in total. The van der Waals surface area contributed by atoms with Gasteiger partial charge in [-0.05, 0) is 32.3 Å². The maximum atomic E-state index is 11.6. The van der Waals surface area contributed by atoms with Gasteiger partial charge in [0, 0.05) is 25.2 Å². The van der Waals surface area contributed by atoms with Gasteiger partial charge in [-0.15, -0.1) is 12.4 Å². The minimum Gasteiger partial charge on any atom is -0.465 e. The van der Waals surface area contributed by atoms with Gasteiger partial charge in [0.25, 0.3) is 0 Å². The van der Waals surface area contributed by atoms with Crippen molar-refractivity contribution >= 4 is 18.4 Å². The average molecular weight is 315 g/mol. The molecule has 1 aromatic heterocycles. The van der Waals surface area contributed by atoms with Crippen LogP contribution in [0.5, 0.6) is 0 Å². The summed E-state index contributed by atoms with van der Waals surface area (Å²) in [7, 11) is 1.39. The fraction of sp³-hybridized carbons (Fsp3) is 0.667. The second-order valence-electron chi connectivity index (χ2n) is 5.84. The number of nitrogens with zero attached hydrogens (tertiary/aromatic N) is 1. The van der Waals surface area contributed by atoms with Crippen LogP contribution < -0.4 is 5.32 Å². The van der Waals surface area contributed by atoms with Crippen molar-refractivity contribution in [1.29, 1.82) is 0 Å². The van der Waals surface area contributed by atoms with Crippen molar-refractivity contribution in [1.82, 2.24) is 10.2 Å². The Kier molecular flexibility index (Phi) is 5.30. The zero-order valence-corrected chi connectivity index (χ0v) is 13.4. The van der Waals surface area contributed by atoms with Crippen molar-refractivity contribution in [2.45, 2.75) is 44.8 Å². The van der Waals surface area contributed by atoms with Crippen LogP contribution in [0.4, 0.5) is 0 Å². The third-order valence-electron chi connectivity index (χ3n) is 4.36. The Labute approximate surface area is 131 Å². The Hall–Kier alpha value is -1.04. The molecule has 0 amide bonds. The molecular weight excluding hydrogens is 292 g/mol. The number of methoxy groups -OCH3 is 1. The van der Waals surface area contributed by atoms with Crippen molar-refractivity contribution in [2.24, 2.45) is 0 Å². The van der Waals surface area contributed by atoms with Crippen LogP contribution in [0.2, 0.25) is 0 Å². The molecule has 2 atom stereocenters. The highest BCUT2D eigenvalue weighted by molar-refractivity contribution is 5.90. The smallest absolute Gasteiger partial charge is 0.341 e. The molecule has 2 aliphatic rings. The molecule has 1 N–H and O–H groups in total. The SMILES string of the molecule is COC(=O)c1cc(CN2CCC3CCC(C2)N3)oc1C.Cl. The molecule has 0 aromatic carbocycles. The number of furan rings is 1. The molecule has 0 saturated carbocycles. The molecule has 3 rings (SSSR count). The van der Waals surface area contributed by atoms with Crippen LogP contribution in [0.3, 0.4) is 0 Å². The summed E-state index contributed by atoms with van der Waals surface area (Å²) in [4.78, 5) is 14.0. The van der Waals surface area contributed by atoms with E-state index in [4.69, 9.17) is 9.15 Å². The third-order valence-corrected chi connectivity index (χ3v) is 4.36. The van der Waals surface area contributed by atoms with Gasteiger partial charge in [-0.3, -0.25) is 4.90 Å². The molecule has 1 aromatic rings. The van der Waals surface area contributed by atoms with Crippen LogP contribution in [0.25, 0.3) is 0 Å². The average Bonchev–Trinajstić information content (AvgIpc) is 2.95. The lowest BCUT2D eigenvalue weighted by molar-refractivity contribution is 0.0599. The molecule has 21 heavy (non-hydrogen) atoms. The number of likely N-dealkylation sites (tertiary alicyclic amines) is 1. The number of aryl methyl sites for hydroxylation is 1. The summed E-state index contributed by atoms with van der Waals surface area (Å²) in [6, 6.07) is 3.12. The standard InChI is InChI=1S/C15H22N2O3.ClH/c1-10-14(15(18)19-2)7-13(20-10)9-17-6-5-11-3-4-12(8-17)16-11;/h7,11-12,16H,3-6,8-9H2,1-2H3;1H. The first-order valence-electron chi connectivity index (χ1n) is 7.31. The number of hydrogen-bond donors (Lipinski definition) is 1. The first-order valence-corrected chi connectivity index (χ1v) is 7.31. The molecule has 2 bridgehead atoms. The van der Waals surface area contributed by atoms with E-state index in [0.717, 1.165) is 25.4 Å². The lowest BCUT2D eigenvalue weighted by atomic mass is 10.1. The molecule has 0 spiro atoms. The molecule has 2 fully saturated rings. The topological polar surface area (TPSA) is 54.7 Å².